The Morgan fingerprint density at radius 1 is 1.31 bits per heavy atom. The summed E-state index contributed by atoms with van der Waals surface area (Å²) in [7, 11) is 0. The Labute approximate surface area is 159 Å². The van der Waals surface area contributed by atoms with Crippen LogP contribution in [0.3, 0.4) is 0 Å². The molecule has 5 heteroatoms. The number of benzene rings is 1. The summed E-state index contributed by atoms with van der Waals surface area (Å²) < 4.78 is 0. The van der Waals surface area contributed by atoms with Crippen LogP contribution in [0.1, 0.15) is 45.6 Å². The van der Waals surface area contributed by atoms with E-state index in [1.807, 2.05) is 11.4 Å². The van der Waals surface area contributed by atoms with Crippen molar-refractivity contribution in [2.45, 2.75) is 32.6 Å². The van der Waals surface area contributed by atoms with Gasteiger partial charge in [-0.3, -0.25) is 9.59 Å². The van der Waals surface area contributed by atoms with Gasteiger partial charge in [-0.15, -0.1) is 11.3 Å². The van der Waals surface area contributed by atoms with E-state index in [-0.39, 0.29) is 11.7 Å². The number of Topliss-reactive ketones (excluding diaryl/α,β-unsaturated/α-hetero) is 1. The van der Waals surface area contributed by atoms with Crippen molar-refractivity contribution in [1.82, 2.24) is 10.2 Å². The second-order valence-electron chi connectivity index (χ2n) is 7.04. The molecule has 1 saturated heterocycles. The van der Waals surface area contributed by atoms with E-state index in [2.05, 4.69) is 41.4 Å². The topological polar surface area (TPSA) is 49.4 Å². The normalized spacial score (nSPS) is 17.4. The highest BCUT2D eigenvalue weighted by atomic mass is 32.1. The Morgan fingerprint density at radius 3 is 2.85 bits per heavy atom. The Balaban J connectivity index is 1.40. The van der Waals surface area contributed by atoms with Crippen molar-refractivity contribution in [1.29, 1.82) is 0 Å². The molecule has 1 aromatic carbocycles. The standard InChI is InChI=1S/C21H26N2O2S/c1-15-5-3-4-6-19(15)18-7-9-23(13-18)10-8-22-21(25)12-17-11-20(16(2)24)26-14-17/h3-6,11,14,18H,7-10,12-13H2,1-2H3,(H,22,25)/t18-/m0/s1. The Hall–Kier alpha value is -1.98. The highest BCUT2D eigenvalue weighted by Crippen LogP contribution is 2.28. The van der Waals surface area contributed by atoms with E-state index in [0.717, 1.165) is 25.2 Å². The van der Waals surface area contributed by atoms with Gasteiger partial charge in [0.2, 0.25) is 5.91 Å². The molecule has 2 aromatic rings. The van der Waals surface area contributed by atoms with Crippen LogP contribution >= 0.6 is 11.3 Å². The average molecular weight is 371 g/mol. The van der Waals surface area contributed by atoms with Crippen LogP contribution in [0, 0.1) is 6.92 Å². The number of nitrogens with zero attached hydrogens (tertiary/aromatic N) is 1. The minimum Gasteiger partial charge on any atom is -0.355 e. The predicted molar refractivity (Wildman–Crippen MR) is 106 cm³/mol. The van der Waals surface area contributed by atoms with E-state index in [9.17, 15) is 9.59 Å². The molecule has 0 saturated carbocycles. The maximum atomic E-state index is 12.1. The van der Waals surface area contributed by atoms with Gasteiger partial charge in [-0.05, 0) is 60.9 Å². The number of rotatable bonds is 7. The fraction of sp³-hybridized carbons (Fsp3) is 0.429. The number of ketones is 1. The molecule has 1 N–H and O–H groups in total. The van der Waals surface area contributed by atoms with Crippen LogP contribution in [-0.2, 0) is 11.2 Å². The summed E-state index contributed by atoms with van der Waals surface area (Å²) in [5.41, 5.74) is 3.74. The summed E-state index contributed by atoms with van der Waals surface area (Å²) in [6.45, 7) is 7.43. The van der Waals surface area contributed by atoms with Crippen molar-refractivity contribution in [2.24, 2.45) is 0 Å². The van der Waals surface area contributed by atoms with Crippen LogP contribution in [0.25, 0.3) is 0 Å². The third kappa shape index (κ3) is 4.80. The maximum Gasteiger partial charge on any atom is 0.224 e. The highest BCUT2D eigenvalue weighted by Gasteiger charge is 2.24. The lowest BCUT2D eigenvalue weighted by atomic mass is 9.94. The Bertz CT molecular complexity index is 784. The number of aryl methyl sites for hydroxylation is 1. The van der Waals surface area contributed by atoms with Gasteiger partial charge in [0, 0.05) is 19.6 Å². The Kier molecular flexibility index (Phi) is 6.22. The van der Waals surface area contributed by atoms with E-state index in [0.29, 0.717) is 23.8 Å². The van der Waals surface area contributed by atoms with Gasteiger partial charge in [-0.2, -0.15) is 0 Å². The average Bonchev–Trinajstić information content (AvgIpc) is 3.25. The minimum absolute atomic E-state index is 0.0209. The fourth-order valence-electron chi connectivity index (χ4n) is 3.59. The van der Waals surface area contributed by atoms with Crippen LogP contribution < -0.4 is 5.32 Å². The number of thiophene rings is 1. The fourth-order valence-corrected chi connectivity index (χ4v) is 4.40. The molecule has 1 aliphatic heterocycles. The van der Waals surface area contributed by atoms with Crippen LogP contribution in [-0.4, -0.2) is 42.8 Å². The van der Waals surface area contributed by atoms with E-state index < -0.39 is 0 Å². The molecule has 138 valence electrons. The number of likely N-dealkylation sites (tertiary alicyclic amines) is 1. The molecule has 1 amide bonds. The molecule has 0 radical (unpaired) electrons. The second kappa shape index (κ2) is 8.60. The van der Waals surface area contributed by atoms with Gasteiger partial charge in [0.05, 0.1) is 11.3 Å². The molecule has 1 fully saturated rings. The lowest BCUT2D eigenvalue weighted by Crippen LogP contribution is -2.34. The lowest BCUT2D eigenvalue weighted by Gasteiger charge is -2.17. The number of amides is 1. The summed E-state index contributed by atoms with van der Waals surface area (Å²) in [6.07, 6.45) is 1.52. The van der Waals surface area contributed by atoms with E-state index in [1.165, 1.54) is 28.9 Å². The summed E-state index contributed by atoms with van der Waals surface area (Å²) in [5.74, 6) is 0.675. The Morgan fingerprint density at radius 2 is 2.12 bits per heavy atom. The van der Waals surface area contributed by atoms with Gasteiger partial charge in [0.15, 0.2) is 5.78 Å². The second-order valence-corrected chi connectivity index (χ2v) is 7.96. The van der Waals surface area contributed by atoms with Crippen molar-refractivity contribution in [2.75, 3.05) is 26.2 Å². The molecule has 0 spiro atoms. The van der Waals surface area contributed by atoms with Gasteiger partial charge in [0.1, 0.15) is 0 Å². The summed E-state index contributed by atoms with van der Waals surface area (Å²) in [5, 5.41) is 4.89. The molecule has 1 aliphatic rings. The summed E-state index contributed by atoms with van der Waals surface area (Å²) in [6, 6.07) is 10.4. The predicted octanol–water partition coefficient (Wildman–Crippen LogP) is 3.41. The van der Waals surface area contributed by atoms with Crippen molar-refractivity contribution in [3.8, 4) is 0 Å². The molecule has 0 aliphatic carbocycles. The lowest BCUT2D eigenvalue weighted by molar-refractivity contribution is -0.120. The summed E-state index contributed by atoms with van der Waals surface area (Å²) in [4.78, 5) is 26.5. The zero-order chi connectivity index (χ0) is 18.5. The first kappa shape index (κ1) is 18.8. The third-order valence-corrected chi connectivity index (χ3v) is 6.10. The first-order valence-electron chi connectivity index (χ1n) is 9.16. The van der Waals surface area contributed by atoms with E-state index in [1.54, 1.807) is 6.92 Å². The van der Waals surface area contributed by atoms with Crippen molar-refractivity contribution < 1.29 is 9.59 Å². The van der Waals surface area contributed by atoms with Crippen LogP contribution in [0.15, 0.2) is 35.7 Å². The smallest absolute Gasteiger partial charge is 0.224 e. The number of hydrogen-bond acceptors (Lipinski definition) is 4. The monoisotopic (exact) mass is 370 g/mol. The number of carbonyl (C=O) groups excluding carboxylic acids is 2. The molecular weight excluding hydrogens is 344 g/mol. The molecule has 4 nitrogen and oxygen atoms in total. The molecule has 1 atom stereocenters. The maximum absolute atomic E-state index is 12.1. The molecule has 2 heterocycles. The molecule has 3 rings (SSSR count). The minimum atomic E-state index is 0.0209. The van der Waals surface area contributed by atoms with Gasteiger partial charge in [-0.1, -0.05) is 24.3 Å². The highest BCUT2D eigenvalue weighted by molar-refractivity contribution is 7.12. The van der Waals surface area contributed by atoms with Gasteiger partial charge in [0.25, 0.3) is 0 Å². The van der Waals surface area contributed by atoms with E-state index in [4.69, 9.17) is 0 Å². The molecule has 0 bridgehead atoms. The quantitative estimate of drug-likeness (QED) is 0.760. The van der Waals surface area contributed by atoms with Crippen LogP contribution in [0.5, 0.6) is 0 Å². The molecule has 0 unspecified atom stereocenters. The zero-order valence-electron chi connectivity index (χ0n) is 15.5. The van der Waals surface area contributed by atoms with Crippen molar-refractivity contribution in [3.63, 3.8) is 0 Å². The summed E-state index contributed by atoms with van der Waals surface area (Å²) >= 11 is 1.41. The molecule has 26 heavy (non-hydrogen) atoms. The van der Waals surface area contributed by atoms with E-state index >= 15 is 0 Å². The van der Waals surface area contributed by atoms with Gasteiger partial charge >= 0.3 is 0 Å². The first-order valence-corrected chi connectivity index (χ1v) is 10.0. The molecule has 1 aromatic heterocycles. The number of hydrogen-bond donors (Lipinski definition) is 1. The van der Waals surface area contributed by atoms with Gasteiger partial charge < -0.3 is 10.2 Å². The van der Waals surface area contributed by atoms with Crippen molar-refractivity contribution in [3.05, 3.63) is 57.3 Å². The number of carbonyl (C=O) groups is 2. The van der Waals surface area contributed by atoms with Gasteiger partial charge in [-0.25, -0.2) is 0 Å². The van der Waals surface area contributed by atoms with Crippen LogP contribution in [0.4, 0.5) is 0 Å². The SMILES string of the molecule is CC(=O)c1cc(CC(=O)NCCN2CC[C@H](c3ccccc3C)C2)cs1. The van der Waals surface area contributed by atoms with Crippen LogP contribution in [0.2, 0.25) is 0 Å². The van der Waals surface area contributed by atoms with Crippen molar-refractivity contribution >= 4 is 23.0 Å². The third-order valence-electron chi connectivity index (χ3n) is 5.02. The first-order chi connectivity index (χ1) is 12.5. The number of nitrogens with one attached hydrogen (secondary N) is 1. The largest absolute Gasteiger partial charge is 0.355 e. The molecular formula is C21H26N2O2S. The zero-order valence-corrected chi connectivity index (χ0v) is 16.3.